The second-order valence-corrected chi connectivity index (χ2v) is 4.36. The molecule has 2 aromatic rings. The van der Waals surface area contributed by atoms with E-state index in [9.17, 15) is 4.79 Å². The molecule has 5 nitrogen and oxygen atoms in total. The summed E-state index contributed by atoms with van der Waals surface area (Å²) in [6, 6.07) is 11.5. The highest BCUT2D eigenvalue weighted by atomic mass is 16.5. The number of carbonyl (C=O) groups is 1. The number of hydrogen-bond acceptors (Lipinski definition) is 4. The van der Waals surface area contributed by atoms with Crippen LogP contribution in [0.2, 0.25) is 0 Å². The first kappa shape index (κ1) is 14.4. The third-order valence-corrected chi connectivity index (χ3v) is 2.93. The molecular formula is C16H13NO4. The normalized spacial score (nSPS) is 9.76. The van der Waals surface area contributed by atoms with E-state index < -0.39 is 5.97 Å². The Labute approximate surface area is 122 Å². The molecule has 2 aromatic carbocycles. The summed E-state index contributed by atoms with van der Waals surface area (Å²) in [6.07, 6.45) is 0. The van der Waals surface area contributed by atoms with Crippen LogP contribution in [0.3, 0.4) is 0 Å². The van der Waals surface area contributed by atoms with E-state index in [0.717, 1.165) is 0 Å². The SMILES string of the molecule is COc1cc(C#N)ccc1Oc1ccc(C(=O)O)cc1C. The van der Waals surface area contributed by atoms with Crippen LogP contribution in [0.4, 0.5) is 0 Å². The lowest BCUT2D eigenvalue weighted by atomic mass is 10.1. The van der Waals surface area contributed by atoms with Crippen molar-refractivity contribution >= 4 is 5.97 Å². The van der Waals surface area contributed by atoms with Crippen molar-refractivity contribution in [2.75, 3.05) is 7.11 Å². The van der Waals surface area contributed by atoms with Crippen molar-refractivity contribution in [3.05, 3.63) is 53.1 Å². The summed E-state index contributed by atoms with van der Waals surface area (Å²) in [5.74, 6) is 0.446. The average Bonchev–Trinajstić information content (AvgIpc) is 2.49. The summed E-state index contributed by atoms with van der Waals surface area (Å²) in [5, 5.41) is 17.8. The van der Waals surface area contributed by atoms with Gasteiger partial charge in [0.15, 0.2) is 11.5 Å². The zero-order valence-electron chi connectivity index (χ0n) is 11.6. The Morgan fingerprint density at radius 1 is 1.14 bits per heavy atom. The van der Waals surface area contributed by atoms with Gasteiger partial charge in [0.1, 0.15) is 5.75 Å². The van der Waals surface area contributed by atoms with Crippen molar-refractivity contribution < 1.29 is 19.4 Å². The minimum absolute atomic E-state index is 0.201. The van der Waals surface area contributed by atoms with E-state index in [-0.39, 0.29) is 5.56 Å². The van der Waals surface area contributed by atoms with Crippen LogP contribution in [0.15, 0.2) is 36.4 Å². The van der Waals surface area contributed by atoms with Gasteiger partial charge in [0.05, 0.1) is 24.3 Å². The van der Waals surface area contributed by atoms with Crippen LogP contribution >= 0.6 is 0 Å². The molecule has 21 heavy (non-hydrogen) atoms. The number of aromatic carboxylic acids is 1. The van der Waals surface area contributed by atoms with Crippen LogP contribution < -0.4 is 9.47 Å². The quantitative estimate of drug-likeness (QED) is 0.930. The lowest BCUT2D eigenvalue weighted by Crippen LogP contribution is -1.98. The Hall–Kier alpha value is -3.00. The summed E-state index contributed by atoms with van der Waals surface area (Å²) in [4.78, 5) is 10.9. The third kappa shape index (κ3) is 3.12. The van der Waals surface area contributed by atoms with Crippen molar-refractivity contribution in [3.8, 4) is 23.3 Å². The Morgan fingerprint density at radius 2 is 1.86 bits per heavy atom. The predicted octanol–water partition coefficient (Wildman–Crippen LogP) is 3.37. The monoisotopic (exact) mass is 283 g/mol. The standard InChI is InChI=1S/C16H13NO4/c1-10-7-12(16(18)19)4-6-13(10)21-14-5-3-11(9-17)8-15(14)20-2/h3-8H,1-2H3,(H,18,19). The number of nitrogens with zero attached hydrogens (tertiary/aromatic N) is 1. The van der Waals surface area contributed by atoms with E-state index in [1.807, 2.05) is 6.07 Å². The maximum atomic E-state index is 10.9. The van der Waals surface area contributed by atoms with Gasteiger partial charge in [-0.3, -0.25) is 0 Å². The molecule has 0 aliphatic heterocycles. The lowest BCUT2D eigenvalue weighted by molar-refractivity contribution is 0.0696. The first-order chi connectivity index (χ1) is 10.0. The summed E-state index contributed by atoms with van der Waals surface area (Å²) in [6.45, 7) is 1.76. The van der Waals surface area contributed by atoms with E-state index in [0.29, 0.717) is 28.4 Å². The molecule has 0 spiro atoms. The topological polar surface area (TPSA) is 79.5 Å². The fraction of sp³-hybridized carbons (Fsp3) is 0.125. The Kier molecular flexibility index (Phi) is 4.10. The van der Waals surface area contributed by atoms with E-state index in [1.54, 1.807) is 31.2 Å². The molecule has 0 aromatic heterocycles. The van der Waals surface area contributed by atoms with Crippen molar-refractivity contribution in [1.29, 1.82) is 5.26 Å². The summed E-state index contributed by atoms with van der Waals surface area (Å²) in [7, 11) is 1.49. The smallest absolute Gasteiger partial charge is 0.335 e. The summed E-state index contributed by atoms with van der Waals surface area (Å²) in [5.41, 5.74) is 1.37. The number of methoxy groups -OCH3 is 1. The molecule has 0 saturated heterocycles. The van der Waals surface area contributed by atoms with E-state index in [2.05, 4.69) is 0 Å². The molecule has 5 heteroatoms. The molecule has 0 saturated carbocycles. The second-order valence-electron chi connectivity index (χ2n) is 4.36. The number of aryl methyl sites for hydroxylation is 1. The second kappa shape index (κ2) is 5.97. The maximum Gasteiger partial charge on any atom is 0.335 e. The first-order valence-corrected chi connectivity index (χ1v) is 6.15. The minimum Gasteiger partial charge on any atom is -0.493 e. The zero-order valence-corrected chi connectivity index (χ0v) is 11.6. The molecule has 1 N–H and O–H groups in total. The highest BCUT2D eigenvalue weighted by Gasteiger charge is 2.10. The molecule has 0 atom stereocenters. The minimum atomic E-state index is -0.986. The third-order valence-electron chi connectivity index (χ3n) is 2.93. The van der Waals surface area contributed by atoms with Gasteiger partial charge in [-0.1, -0.05) is 0 Å². The number of ether oxygens (including phenoxy) is 2. The summed E-state index contributed by atoms with van der Waals surface area (Å²) >= 11 is 0. The van der Waals surface area contributed by atoms with Crippen LogP contribution in [0.1, 0.15) is 21.5 Å². The number of nitriles is 1. The van der Waals surface area contributed by atoms with Gasteiger partial charge in [0, 0.05) is 6.07 Å². The zero-order chi connectivity index (χ0) is 15.4. The molecule has 0 bridgehead atoms. The number of benzene rings is 2. The van der Waals surface area contributed by atoms with Gasteiger partial charge < -0.3 is 14.6 Å². The molecule has 0 aliphatic rings. The van der Waals surface area contributed by atoms with Crippen LogP contribution in [-0.2, 0) is 0 Å². The average molecular weight is 283 g/mol. The van der Waals surface area contributed by atoms with E-state index in [4.69, 9.17) is 19.8 Å². The highest BCUT2D eigenvalue weighted by molar-refractivity contribution is 5.88. The molecule has 0 unspecified atom stereocenters. The predicted molar refractivity (Wildman–Crippen MR) is 75.9 cm³/mol. The van der Waals surface area contributed by atoms with Gasteiger partial charge in [0.2, 0.25) is 0 Å². The van der Waals surface area contributed by atoms with E-state index >= 15 is 0 Å². The van der Waals surface area contributed by atoms with Gasteiger partial charge in [-0.2, -0.15) is 5.26 Å². The first-order valence-electron chi connectivity index (χ1n) is 6.15. The molecule has 0 heterocycles. The fourth-order valence-electron chi connectivity index (χ4n) is 1.84. The van der Waals surface area contributed by atoms with Gasteiger partial charge in [-0.25, -0.2) is 4.79 Å². The van der Waals surface area contributed by atoms with Gasteiger partial charge in [0.25, 0.3) is 0 Å². The molecule has 106 valence electrons. The molecule has 0 aliphatic carbocycles. The Balaban J connectivity index is 2.34. The molecular weight excluding hydrogens is 270 g/mol. The van der Waals surface area contributed by atoms with Crippen molar-refractivity contribution in [2.45, 2.75) is 6.92 Å². The van der Waals surface area contributed by atoms with Crippen LogP contribution in [-0.4, -0.2) is 18.2 Å². The number of carboxylic acid groups (broad SMARTS) is 1. The summed E-state index contributed by atoms with van der Waals surface area (Å²) < 4.78 is 10.9. The fourth-order valence-corrected chi connectivity index (χ4v) is 1.84. The van der Waals surface area contributed by atoms with Crippen LogP contribution in [0.5, 0.6) is 17.2 Å². The maximum absolute atomic E-state index is 10.9. The molecule has 0 fully saturated rings. The molecule has 0 radical (unpaired) electrons. The van der Waals surface area contributed by atoms with Crippen molar-refractivity contribution in [1.82, 2.24) is 0 Å². The number of hydrogen-bond donors (Lipinski definition) is 1. The van der Waals surface area contributed by atoms with Gasteiger partial charge in [-0.05, 0) is 42.8 Å². The van der Waals surface area contributed by atoms with Crippen LogP contribution in [0.25, 0.3) is 0 Å². The molecule has 0 amide bonds. The Morgan fingerprint density at radius 3 is 2.43 bits per heavy atom. The highest BCUT2D eigenvalue weighted by Crippen LogP contribution is 2.33. The van der Waals surface area contributed by atoms with Crippen molar-refractivity contribution in [2.24, 2.45) is 0 Å². The van der Waals surface area contributed by atoms with Gasteiger partial charge >= 0.3 is 5.97 Å². The van der Waals surface area contributed by atoms with Gasteiger partial charge in [-0.15, -0.1) is 0 Å². The van der Waals surface area contributed by atoms with Crippen molar-refractivity contribution in [3.63, 3.8) is 0 Å². The largest absolute Gasteiger partial charge is 0.493 e. The number of rotatable bonds is 4. The Bertz CT molecular complexity index is 732. The van der Waals surface area contributed by atoms with Crippen LogP contribution in [0, 0.1) is 18.3 Å². The lowest BCUT2D eigenvalue weighted by Gasteiger charge is -2.12. The molecule has 2 rings (SSSR count). The number of carboxylic acids is 1. The van der Waals surface area contributed by atoms with E-state index in [1.165, 1.54) is 19.2 Å².